The van der Waals surface area contributed by atoms with Gasteiger partial charge in [-0.15, -0.1) is 0 Å². The Morgan fingerprint density at radius 3 is 2.59 bits per heavy atom. The molecule has 1 aliphatic carbocycles. The molecule has 0 bridgehead atoms. The van der Waals surface area contributed by atoms with Gasteiger partial charge in [-0.3, -0.25) is 4.79 Å². The third-order valence-electron chi connectivity index (χ3n) is 7.93. The molecule has 12 heteroatoms. The molecule has 1 aromatic carbocycles. The van der Waals surface area contributed by atoms with Gasteiger partial charge >= 0.3 is 12.1 Å². The Balaban J connectivity index is 1.54. The average Bonchev–Trinajstić information content (AvgIpc) is 3.27. The van der Waals surface area contributed by atoms with Crippen molar-refractivity contribution in [2.24, 2.45) is 5.92 Å². The number of rotatable bonds is 7. The maximum Gasteiger partial charge on any atom is 0.323 e. The van der Waals surface area contributed by atoms with Crippen LogP contribution in [0.3, 0.4) is 0 Å². The number of benzene rings is 1. The zero-order chi connectivity index (χ0) is 29.7. The first-order valence-electron chi connectivity index (χ1n) is 14.3. The van der Waals surface area contributed by atoms with Crippen molar-refractivity contribution in [1.82, 2.24) is 20.3 Å². The van der Waals surface area contributed by atoms with Crippen LogP contribution in [-0.4, -0.2) is 83.0 Å². The Morgan fingerprint density at radius 1 is 1.20 bits per heavy atom. The van der Waals surface area contributed by atoms with Crippen LogP contribution in [0.15, 0.2) is 22.7 Å². The van der Waals surface area contributed by atoms with E-state index in [4.69, 9.17) is 9.26 Å². The van der Waals surface area contributed by atoms with E-state index in [1.54, 1.807) is 55.8 Å². The molecule has 2 heterocycles. The molecule has 4 rings (SSSR count). The minimum Gasteiger partial charge on any atom is -0.487 e. The molecule has 0 spiro atoms. The first-order valence-corrected chi connectivity index (χ1v) is 14.3. The van der Waals surface area contributed by atoms with Crippen molar-refractivity contribution in [2.45, 2.75) is 78.0 Å². The van der Waals surface area contributed by atoms with Gasteiger partial charge in [-0.25, -0.2) is 9.59 Å². The molecule has 12 nitrogen and oxygen atoms in total. The van der Waals surface area contributed by atoms with Gasteiger partial charge in [0.2, 0.25) is 0 Å². The summed E-state index contributed by atoms with van der Waals surface area (Å²) in [6.45, 7) is 7.61. The van der Waals surface area contributed by atoms with Crippen LogP contribution in [0, 0.1) is 19.8 Å². The number of aryl methyl sites for hydroxylation is 2. The van der Waals surface area contributed by atoms with E-state index in [1.165, 1.54) is 6.42 Å². The van der Waals surface area contributed by atoms with Gasteiger partial charge in [0.25, 0.3) is 5.91 Å². The minimum atomic E-state index is -0.517. The van der Waals surface area contributed by atoms with Crippen LogP contribution in [0.25, 0.3) is 0 Å². The predicted molar refractivity (Wildman–Crippen MR) is 154 cm³/mol. The number of aliphatic hydroxyl groups excluding tert-OH is 1. The zero-order valence-electron chi connectivity index (χ0n) is 24.5. The van der Waals surface area contributed by atoms with E-state index in [9.17, 15) is 19.5 Å². The number of fused-ring (bicyclic) bond motifs is 1. The predicted octanol–water partition coefficient (Wildman–Crippen LogP) is 4.13. The fourth-order valence-electron chi connectivity index (χ4n) is 5.34. The van der Waals surface area contributed by atoms with Crippen LogP contribution < -0.4 is 20.7 Å². The van der Waals surface area contributed by atoms with Gasteiger partial charge in [0, 0.05) is 31.2 Å². The fraction of sp³-hybridized carbons (Fsp3) is 0.586. The molecule has 3 atom stereocenters. The monoisotopic (exact) mass is 570 g/mol. The lowest BCUT2D eigenvalue weighted by molar-refractivity contribution is 0.0366. The molecule has 1 fully saturated rings. The lowest BCUT2D eigenvalue weighted by Crippen LogP contribution is -2.52. The maximum atomic E-state index is 13.7. The highest BCUT2D eigenvalue weighted by molar-refractivity contribution is 6.03. The largest absolute Gasteiger partial charge is 0.487 e. The van der Waals surface area contributed by atoms with Gasteiger partial charge in [0.05, 0.1) is 24.8 Å². The number of amides is 5. The summed E-state index contributed by atoms with van der Waals surface area (Å²) in [4.78, 5) is 42.6. The number of aliphatic hydroxyl groups is 1. The number of nitrogens with one attached hydrogen (secondary N) is 3. The van der Waals surface area contributed by atoms with Crippen LogP contribution >= 0.6 is 0 Å². The van der Waals surface area contributed by atoms with Crippen LogP contribution in [-0.2, 0) is 0 Å². The molecule has 0 unspecified atom stereocenters. The SMILES string of the molecule is Cc1noc(C)c1NC(=O)Nc1ccc2c(c1)C(=O)N([C@@H](C)CO)C[C@H](C)[C@@H](CN(C)C(=O)NC1CCCCC1)O2. The molecule has 224 valence electrons. The summed E-state index contributed by atoms with van der Waals surface area (Å²) in [5.74, 6) is 0.375. The Hall–Kier alpha value is -3.80. The second kappa shape index (κ2) is 13.2. The van der Waals surface area contributed by atoms with Gasteiger partial charge in [0.15, 0.2) is 5.76 Å². The van der Waals surface area contributed by atoms with Gasteiger partial charge in [-0.2, -0.15) is 0 Å². The summed E-state index contributed by atoms with van der Waals surface area (Å²) >= 11 is 0. The summed E-state index contributed by atoms with van der Waals surface area (Å²) < 4.78 is 11.5. The number of likely N-dealkylation sites (N-methyl/N-ethyl adjacent to an activating group) is 1. The van der Waals surface area contributed by atoms with E-state index in [2.05, 4.69) is 21.1 Å². The number of carbonyl (C=O) groups excluding carboxylic acids is 3. The molecule has 1 aliphatic heterocycles. The highest BCUT2D eigenvalue weighted by Crippen LogP contribution is 2.31. The Kier molecular flexibility index (Phi) is 9.74. The molecule has 0 radical (unpaired) electrons. The molecule has 2 aliphatic rings. The first-order chi connectivity index (χ1) is 19.6. The van der Waals surface area contributed by atoms with Crippen molar-refractivity contribution >= 4 is 29.3 Å². The van der Waals surface area contributed by atoms with Crippen LogP contribution in [0.5, 0.6) is 5.75 Å². The lowest BCUT2D eigenvalue weighted by atomic mass is 9.96. The minimum absolute atomic E-state index is 0.135. The highest BCUT2D eigenvalue weighted by atomic mass is 16.5. The number of carbonyl (C=O) groups is 3. The number of aromatic nitrogens is 1. The van der Waals surface area contributed by atoms with Gasteiger partial charge < -0.3 is 40.1 Å². The second-order valence-electron chi connectivity index (χ2n) is 11.3. The number of nitrogens with zero attached hydrogens (tertiary/aromatic N) is 3. The third-order valence-corrected chi connectivity index (χ3v) is 7.93. The fourth-order valence-corrected chi connectivity index (χ4v) is 5.34. The summed E-state index contributed by atoms with van der Waals surface area (Å²) in [6, 6.07) is 3.95. The average molecular weight is 571 g/mol. The molecule has 2 aromatic rings. The summed E-state index contributed by atoms with van der Waals surface area (Å²) in [6.07, 6.45) is 5.02. The van der Waals surface area contributed by atoms with Crippen LogP contribution in [0.2, 0.25) is 0 Å². The van der Waals surface area contributed by atoms with Crippen molar-refractivity contribution in [3.8, 4) is 5.75 Å². The summed E-state index contributed by atoms with van der Waals surface area (Å²) in [5.41, 5.74) is 1.66. The van der Waals surface area contributed by atoms with Gasteiger partial charge in [-0.1, -0.05) is 31.3 Å². The Labute approximate surface area is 240 Å². The van der Waals surface area contributed by atoms with Crippen molar-refractivity contribution in [3.63, 3.8) is 0 Å². The number of urea groups is 2. The molecular formula is C29H42N6O6. The van der Waals surface area contributed by atoms with E-state index in [-0.39, 0.29) is 36.1 Å². The molecule has 5 amide bonds. The highest BCUT2D eigenvalue weighted by Gasteiger charge is 2.34. The van der Waals surface area contributed by atoms with Gasteiger partial charge in [-0.05, 0) is 51.8 Å². The third kappa shape index (κ3) is 7.29. The van der Waals surface area contributed by atoms with Gasteiger partial charge in [0.1, 0.15) is 23.2 Å². The van der Waals surface area contributed by atoms with Crippen molar-refractivity contribution in [3.05, 3.63) is 35.2 Å². The van der Waals surface area contributed by atoms with E-state index >= 15 is 0 Å². The molecule has 0 saturated heterocycles. The lowest BCUT2D eigenvalue weighted by Gasteiger charge is -2.38. The van der Waals surface area contributed by atoms with Crippen molar-refractivity contribution < 1.29 is 28.8 Å². The molecular weight excluding hydrogens is 528 g/mol. The van der Waals surface area contributed by atoms with E-state index in [1.807, 2.05) is 6.92 Å². The molecule has 1 saturated carbocycles. The van der Waals surface area contributed by atoms with E-state index in [0.717, 1.165) is 25.7 Å². The molecule has 1 aromatic heterocycles. The number of hydrogen-bond acceptors (Lipinski definition) is 7. The number of ether oxygens (including phenoxy) is 1. The van der Waals surface area contributed by atoms with Crippen molar-refractivity contribution in [1.29, 1.82) is 0 Å². The second-order valence-corrected chi connectivity index (χ2v) is 11.3. The smallest absolute Gasteiger partial charge is 0.323 e. The van der Waals surface area contributed by atoms with Crippen molar-refractivity contribution in [2.75, 3.05) is 37.4 Å². The normalized spacial score (nSPS) is 20.2. The molecule has 4 N–H and O–H groups in total. The Morgan fingerprint density at radius 2 is 1.93 bits per heavy atom. The number of anilines is 2. The summed E-state index contributed by atoms with van der Waals surface area (Å²) in [7, 11) is 1.75. The van der Waals surface area contributed by atoms with Crippen LogP contribution in [0.4, 0.5) is 21.0 Å². The topological polar surface area (TPSA) is 149 Å². The number of hydrogen-bond donors (Lipinski definition) is 4. The first kappa shape index (κ1) is 30.2. The maximum absolute atomic E-state index is 13.7. The molecule has 41 heavy (non-hydrogen) atoms. The summed E-state index contributed by atoms with van der Waals surface area (Å²) in [5, 5.41) is 22.4. The quantitative estimate of drug-likeness (QED) is 0.391. The van der Waals surface area contributed by atoms with E-state index < -0.39 is 18.2 Å². The van der Waals surface area contributed by atoms with E-state index in [0.29, 0.717) is 41.7 Å². The Bertz CT molecular complexity index is 1220. The zero-order valence-corrected chi connectivity index (χ0v) is 24.5. The standard InChI is InChI=1S/C29H42N6O6/c1-17-14-35(18(2)16-36)27(37)23-13-22(30-28(38)32-26-19(3)33-41-20(26)4)11-12-24(23)40-25(17)15-34(5)29(39)31-21-9-7-6-8-10-21/h11-13,17-18,21,25,36H,6-10,14-16H2,1-5H3,(H,31,39)(H2,30,32,38)/t17-,18-,25+/m0/s1. The van der Waals surface area contributed by atoms with Crippen LogP contribution in [0.1, 0.15) is 67.8 Å².